The summed E-state index contributed by atoms with van der Waals surface area (Å²) in [4.78, 5) is 1.25. The molecule has 0 spiro atoms. The number of halogens is 1. The fourth-order valence-corrected chi connectivity index (χ4v) is 4.53. The van der Waals surface area contributed by atoms with Crippen molar-refractivity contribution < 1.29 is 8.42 Å². The molecule has 1 aromatic heterocycles. The Labute approximate surface area is 119 Å². The van der Waals surface area contributed by atoms with Gasteiger partial charge in [0.15, 0.2) is 0 Å². The maximum atomic E-state index is 12.4. The molecule has 0 bridgehead atoms. The molecule has 18 heavy (non-hydrogen) atoms. The molecule has 1 rings (SSSR count). The summed E-state index contributed by atoms with van der Waals surface area (Å²) in [6.45, 7) is 7.08. The van der Waals surface area contributed by atoms with Crippen LogP contribution in [-0.4, -0.2) is 25.8 Å². The van der Waals surface area contributed by atoms with E-state index in [9.17, 15) is 8.42 Å². The average Bonchev–Trinajstić information content (AvgIpc) is 2.84. The Morgan fingerprint density at radius 3 is 2.56 bits per heavy atom. The van der Waals surface area contributed by atoms with Gasteiger partial charge in [-0.3, -0.25) is 0 Å². The van der Waals surface area contributed by atoms with Crippen LogP contribution in [0.15, 0.2) is 16.3 Å². The van der Waals surface area contributed by atoms with E-state index >= 15 is 0 Å². The number of nitrogens with zero attached hydrogens (tertiary/aromatic N) is 1. The van der Waals surface area contributed by atoms with E-state index in [-0.39, 0.29) is 0 Å². The number of thiophene rings is 1. The second-order valence-corrected chi connectivity index (χ2v) is 7.55. The van der Waals surface area contributed by atoms with Crippen LogP contribution in [0.1, 0.15) is 32.1 Å². The van der Waals surface area contributed by atoms with Gasteiger partial charge in [0.1, 0.15) is 0 Å². The van der Waals surface area contributed by atoms with Gasteiger partial charge in [-0.1, -0.05) is 27.2 Å². The normalized spacial score (nSPS) is 14.1. The summed E-state index contributed by atoms with van der Waals surface area (Å²) in [6, 6.07) is 1.67. The van der Waals surface area contributed by atoms with Gasteiger partial charge >= 0.3 is 0 Å². The van der Waals surface area contributed by atoms with Crippen LogP contribution in [0.5, 0.6) is 0 Å². The van der Waals surface area contributed by atoms with Crippen LogP contribution in [0.25, 0.3) is 0 Å². The van der Waals surface area contributed by atoms with Crippen molar-refractivity contribution in [3.05, 3.63) is 16.3 Å². The first kappa shape index (κ1) is 16.0. The molecule has 3 nitrogen and oxygen atoms in total. The van der Waals surface area contributed by atoms with Crippen molar-refractivity contribution >= 4 is 33.0 Å². The molecular formula is C12H20ClNO2S2. The van der Waals surface area contributed by atoms with Gasteiger partial charge in [0.05, 0.1) is 10.8 Å². The highest BCUT2D eigenvalue weighted by Crippen LogP contribution is 2.24. The average molecular weight is 310 g/mol. The summed E-state index contributed by atoms with van der Waals surface area (Å²) in [6.07, 6.45) is 0.975. The highest BCUT2D eigenvalue weighted by Gasteiger charge is 2.25. The monoisotopic (exact) mass is 309 g/mol. The third-order valence-electron chi connectivity index (χ3n) is 2.96. The van der Waals surface area contributed by atoms with Crippen LogP contribution < -0.4 is 0 Å². The molecule has 0 radical (unpaired) electrons. The third kappa shape index (κ3) is 3.70. The van der Waals surface area contributed by atoms with Crippen molar-refractivity contribution in [1.29, 1.82) is 0 Å². The first-order valence-corrected chi connectivity index (χ1v) is 8.94. The molecule has 1 aromatic rings. The van der Waals surface area contributed by atoms with E-state index in [2.05, 4.69) is 13.8 Å². The maximum absolute atomic E-state index is 12.4. The van der Waals surface area contributed by atoms with Crippen molar-refractivity contribution in [1.82, 2.24) is 4.31 Å². The minimum atomic E-state index is -3.36. The lowest BCUT2D eigenvalue weighted by atomic mass is 10.1. The van der Waals surface area contributed by atoms with Gasteiger partial charge < -0.3 is 0 Å². The highest BCUT2D eigenvalue weighted by atomic mass is 35.5. The molecule has 0 amide bonds. The largest absolute Gasteiger partial charge is 0.243 e. The van der Waals surface area contributed by atoms with Gasteiger partial charge in [-0.2, -0.15) is 4.31 Å². The van der Waals surface area contributed by atoms with E-state index in [1.165, 1.54) is 11.3 Å². The first-order valence-electron chi connectivity index (χ1n) is 6.09. The van der Waals surface area contributed by atoms with Crippen molar-refractivity contribution in [2.45, 2.75) is 38.0 Å². The van der Waals surface area contributed by atoms with Gasteiger partial charge in [-0.05, 0) is 12.0 Å². The van der Waals surface area contributed by atoms with Crippen LogP contribution in [0, 0.1) is 5.92 Å². The van der Waals surface area contributed by atoms with Crippen molar-refractivity contribution in [2.75, 3.05) is 13.1 Å². The molecule has 0 aliphatic heterocycles. The number of alkyl halides is 1. The van der Waals surface area contributed by atoms with E-state index < -0.39 is 10.0 Å². The summed E-state index contributed by atoms with van der Waals surface area (Å²) in [5, 5.41) is 1.67. The summed E-state index contributed by atoms with van der Waals surface area (Å²) in [5.74, 6) is 0.725. The van der Waals surface area contributed by atoms with Crippen LogP contribution in [0.4, 0.5) is 0 Å². The van der Waals surface area contributed by atoms with E-state index in [1.54, 1.807) is 15.8 Å². The Bertz CT molecular complexity index is 470. The molecule has 0 saturated carbocycles. The Kier molecular flexibility index (Phi) is 6.11. The molecule has 104 valence electrons. The first-order chi connectivity index (χ1) is 8.45. The predicted octanol–water partition coefficient (Wildman–Crippen LogP) is 3.54. The molecule has 0 aliphatic rings. The van der Waals surface area contributed by atoms with E-state index in [0.29, 0.717) is 29.8 Å². The predicted molar refractivity (Wildman–Crippen MR) is 77.8 cm³/mol. The van der Waals surface area contributed by atoms with Gasteiger partial charge in [0.25, 0.3) is 0 Å². The highest BCUT2D eigenvalue weighted by molar-refractivity contribution is 7.89. The second-order valence-electron chi connectivity index (χ2n) is 4.35. The Hall–Kier alpha value is -0.100. The molecule has 1 atom stereocenters. The van der Waals surface area contributed by atoms with E-state index in [0.717, 1.165) is 11.3 Å². The van der Waals surface area contributed by atoms with Gasteiger partial charge in [0, 0.05) is 23.3 Å². The summed E-state index contributed by atoms with van der Waals surface area (Å²) in [5.41, 5.74) is 0. The van der Waals surface area contributed by atoms with Crippen molar-refractivity contribution in [3.8, 4) is 0 Å². The Morgan fingerprint density at radius 1 is 1.44 bits per heavy atom. The fourth-order valence-electron chi connectivity index (χ4n) is 1.59. The van der Waals surface area contributed by atoms with Gasteiger partial charge in [-0.15, -0.1) is 22.9 Å². The fraction of sp³-hybridized carbons (Fsp3) is 0.667. The Morgan fingerprint density at radius 2 is 2.11 bits per heavy atom. The topological polar surface area (TPSA) is 37.4 Å². The minimum absolute atomic E-state index is 0.359. The second kappa shape index (κ2) is 6.89. The summed E-state index contributed by atoms with van der Waals surface area (Å²) in [7, 11) is -3.36. The molecule has 0 fully saturated rings. The Balaban J connectivity index is 2.95. The SMILES string of the molecule is CCC(C)CN(CC)S(=O)(=O)c1csc(CCl)c1. The zero-order chi connectivity index (χ0) is 13.8. The quantitative estimate of drug-likeness (QED) is 0.722. The smallest absolute Gasteiger partial charge is 0.207 e. The molecule has 1 heterocycles. The minimum Gasteiger partial charge on any atom is -0.207 e. The standard InChI is InChI=1S/C12H20ClNO2S2/c1-4-10(3)8-14(5-2)18(15,16)12-6-11(7-13)17-9-12/h6,9-10H,4-5,7-8H2,1-3H3. The molecule has 6 heteroatoms. The third-order valence-corrected chi connectivity index (χ3v) is 6.41. The molecule has 1 unspecified atom stereocenters. The lowest BCUT2D eigenvalue weighted by Gasteiger charge is -2.22. The van der Waals surface area contributed by atoms with E-state index in [1.807, 2.05) is 6.92 Å². The molecule has 0 aliphatic carbocycles. The number of hydrogen-bond donors (Lipinski definition) is 0. The lowest BCUT2D eigenvalue weighted by molar-refractivity contribution is 0.361. The molecular weight excluding hydrogens is 290 g/mol. The maximum Gasteiger partial charge on any atom is 0.243 e. The van der Waals surface area contributed by atoms with Crippen LogP contribution >= 0.6 is 22.9 Å². The zero-order valence-electron chi connectivity index (χ0n) is 11.0. The van der Waals surface area contributed by atoms with E-state index in [4.69, 9.17) is 11.6 Å². The number of rotatable bonds is 7. The van der Waals surface area contributed by atoms with Crippen LogP contribution in [0.3, 0.4) is 0 Å². The van der Waals surface area contributed by atoms with Crippen molar-refractivity contribution in [3.63, 3.8) is 0 Å². The number of sulfonamides is 1. The molecule has 0 N–H and O–H groups in total. The zero-order valence-corrected chi connectivity index (χ0v) is 13.4. The van der Waals surface area contributed by atoms with Crippen molar-refractivity contribution in [2.24, 2.45) is 5.92 Å². The van der Waals surface area contributed by atoms with Gasteiger partial charge in [0.2, 0.25) is 10.0 Å². The van der Waals surface area contributed by atoms with Gasteiger partial charge in [-0.25, -0.2) is 8.42 Å². The van der Waals surface area contributed by atoms with Crippen LogP contribution in [-0.2, 0) is 15.9 Å². The molecule has 0 aromatic carbocycles. The molecule has 0 saturated heterocycles. The summed E-state index contributed by atoms with van der Waals surface area (Å²) < 4.78 is 26.4. The lowest BCUT2D eigenvalue weighted by Crippen LogP contribution is -2.34. The van der Waals surface area contributed by atoms with Crippen LogP contribution in [0.2, 0.25) is 0 Å². The number of hydrogen-bond acceptors (Lipinski definition) is 3. The summed E-state index contributed by atoms with van der Waals surface area (Å²) >= 11 is 7.10.